The van der Waals surface area contributed by atoms with Crippen molar-refractivity contribution in [2.45, 2.75) is 32.3 Å². The molecule has 0 aromatic heterocycles. The van der Waals surface area contributed by atoms with Crippen LogP contribution in [0.5, 0.6) is 0 Å². The molecule has 0 spiro atoms. The van der Waals surface area contributed by atoms with E-state index in [4.69, 9.17) is 4.74 Å². The van der Waals surface area contributed by atoms with Crippen LogP contribution in [0.25, 0.3) is 0 Å². The molecule has 2 heterocycles. The van der Waals surface area contributed by atoms with Gasteiger partial charge in [0.25, 0.3) is 5.91 Å². The van der Waals surface area contributed by atoms with Gasteiger partial charge in [0.05, 0.1) is 0 Å². The van der Waals surface area contributed by atoms with Crippen LogP contribution in [0.4, 0.5) is 8.78 Å². The third kappa shape index (κ3) is 6.50. The molecule has 1 amide bonds. The molecule has 1 aromatic carbocycles. The lowest BCUT2D eigenvalue weighted by Gasteiger charge is -2.37. The van der Waals surface area contributed by atoms with Crippen molar-refractivity contribution in [2.75, 3.05) is 45.9 Å². The zero-order chi connectivity index (χ0) is 19.9. The number of carbonyl (C=O) groups excluding carboxylic acids is 1. The number of halogens is 3. The predicted octanol–water partition coefficient (Wildman–Crippen LogP) is 2.41. The molecular weight excluding hydrogens is 493 g/mol. The molecule has 0 aliphatic carbocycles. The van der Waals surface area contributed by atoms with Crippen molar-refractivity contribution in [3.8, 4) is 0 Å². The van der Waals surface area contributed by atoms with Gasteiger partial charge in [0.1, 0.15) is 17.7 Å². The van der Waals surface area contributed by atoms with Gasteiger partial charge in [-0.15, -0.1) is 24.0 Å². The van der Waals surface area contributed by atoms with Crippen LogP contribution in [0.1, 0.15) is 25.3 Å². The molecule has 2 saturated heterocycles. The maximum Gasteiger partial charge on any atom is 0.251 e. The van der Waals surface area contributed by atoms with Crippen molar-refractivity contribution in [2.24, 2.45) is 4.99 Å². The molecule has 3 rings (SSSR count). The highest BCUT2D eigenvalue weighted by Crippen LogP contribution is 2.16. The first-order valence-corrected chi connectivity index (χ1v) is 9.96. The number of hydrogen-bond acceptors (Lipinski definition) is 3. The minimum Gasteiger partial charge on any atom is -0.368 e. The number of aliphatic imine (C=N–C) groups is 1. The van der Waals surface area contributed by atoms with E-state index in [1.807, 2.05) is 11.8 Å². The van der Waals surface area contributed by atoms with Gasteiger partial charge in [-0.05, 0) is 49.9 Å². The number of rotatable bonds is 5. The first kappa shape index (κ1) is 23.8. The first-order chi connectivity index (χ1) is 13.6. The fraction of sp³-hybridized carbons (Fsp3) is 0.600. The number of hydrogen-bond donors (Lipinski definition) is 1. The molecule has 2 aliphatic heterocycles. The summed E-state index contributed by atoms with van der Waals surface area (Å²) < 4.78 is 32.5. The number of carbonyl (C=O) groups is 1. The molecule has 162 valence electrons. The lowest BCUT2D eigenvalue weighted by Crippen LogP contribution is -2.55. The Morgan fingerprint density at radius 3 is 2.62 bits per heavy atom. The van der Waals surface area contributed by atoms with Gasteiger partial charge in [0.2, 0.25) is 0 Å². The van der Waals surface area contributed by atoms with Crippen LogP contribution >= 0.6 is 24.0 Å². The van der Waals surface area contributed by atoms with E-state index in [0.29, 0.717) is 57.9 Å². The standard InChI is InChI=1S/C20H28F2N4O2.HI/c1-2-23-20(24-8-7-15-14-16(21)5-6-17(15)22)26-11-9-25(10-12-26)19(27)18-4-3-13-28-18;/h5-6,14,18H,2-4,7-13H2,1H3,(H,23,24);1H. The normalized spacial score (nSPS) is 19.8. The van der Waals surface area contributed by atoms with Crippen molar-refractivity contribution in [3.05, 3.63) is 35.4 Å². The second kappa shape index (κ2) is 11.6. The van der Waals surface area contributed by atoms with Crippen LogP contribution in [-0.2, 0) is 16.0 Å². The molecule has 1 atom stereocenters. The molecule has 0 radical (unpaired) electrons. The van der Waals surface area contributed by atoms with Crippen molar-refractivity contribution in [1.82, 2.24) is 15.1 Å². The van der Waals surface area contributed by atoms with Gasteiger partial charge in [-0.3, -0.25) is 9.79 Å². The second-order valence-corrected chi connectivity index (χ2v) is 7.04. The minimum absolute atomic E-state index is 0. The van der Waals surface area contributed by atoms with Crippen molar-refractivity contribution >= 4 is 35.8 Å². The average Bonchev–Trinajstić information content (AvgIpc) is 3.24. The summed E-state index contributed by atoms with van der Waals surface area (Å²) in [6, 6.07) is 3.47. The zero-order valence-corrected chi connectivity index (χ0v) is 19.0. The maximum absolute atomic E-state index is 13.8. The zero-order valence-electron chi connectivity index (χ0n) is 16.7. The van der Waals surface area contributed by atoms with Crippen LogP contribution in [-0.4, -0.2) is 73.6 Å². The van der Waals surface area contributed by atoms with Crippen molar-refractivity contribution in [1.29, 1.82) is 0 Å². The number of amides is 1. The van der Waals surface area contributed by atoms with Crippen molar-refractivity contribution in [3.63, 3.8) is 0 Å². The van der Waals surface area contributed by atoms with Gasteiger partial charge in [-0.2, -0.15) is 0 Å². The maximum atomic E-state index is 13.8. The SMILES string of the molecule is CCNC(=NCCc1cc(F)ccc1F)N1CCN(C(=O)C2CCCO2)CC1.I. The van der Waals surface area contributed by atoms with Crippen LogP contribution in [0.2, 0.25) is 0 Å². The molecule has 1 N–H and O–H groups in total. The Morgan fingerprint density at radius 2 is 1.97 bits per heavy atom. The summed E-state index contributed by atoms with van der Waals surface area (Å²) in [5.41, 5.74) is 0.326. The van der Waals surface area contributed by atoms with Crippen LogP contribution < -0.4 is 5.32 Å². The van der Waals surface area contributed by atoms with Crippen molar-refractivity contribution < 1.29 is 18.3 Å². The lowest BCUT2D eigenvalue weighted by molar-refractivity contribution is -0.142. The van der Waals surface area contributed by atoms with Gasteiger partial charge in [-0.25, -0.2) is 8.78 Å². The molecule has 2 fully saturated rings. The summed E-state index contributed by atoms with van der Waals surface area (Å²) in [4.78, 5) is 21.0. The van der Waals surface area contributed by atoms with Crippen LogP contribution in [0.15, 0.2) is 23.2 Å². The molecule has 29 heavy (non-hydrogen) atoms. The van der Waals surface area contributed by atoms with Gasteiger partial charge < -0.3 is 19.9 Å². The van der Waals surface area contributed by atoms with E-state index in [2.05, 4.69) is 15.2 Å². The summed E-state index contributed by atoms with van der Waals surface area (Å²) in [7, 11) is 0. The third-order valence-electron chi connectivity index (χ3n) is 5.08. The summed E-state index contributed by atoms with van der Waals surface area (Å²) in [5, 5.41) is 3.24. The quantitative estimate of drug-likeness (QED) is 0.367. The highest BCUT2D eigenvalue weighted by atomic mass is 127. The number of benzene rings is 1. The molecular formula is C20H29F2IN4O2. The minimum atomic E-state index is -0.445. The smallest absolute Gasteiger partial charge is 0.251 e. The average molecular weight is 522 g/mol. The summed E-state index contributed by atoms with van der Waals surface area (Å²) >= 11 is 0. The molecule has 1 aromatic rings. The fourth-order valence-corrected chi connectivity index (χ4v) is 3.56. The first-order valence-electron chi connectivity index (χ1n) is 9.96. The Labute approximate surface area is 187 Å². The number of ether oxygens (including phenoxy) is 1. The largest absolute Gasteiger partial charge is 0.368 e. The Bertz CT molecular complexity index is 706. The van der Waals surface area contributed by atoms with Gasteiger partial charge in [0, 0.05) is 45.9 Å². The van der Waals surface area contributed by atoms with E-state index in [-0.39, 0.29) is 36.0 Å². The fourth-order valence-electron chi connectivity index (χ4n) is 3.56. The van der Waals surface area contributed by atoms with Crippen LogP contribution in [0, 0.1) is 11.6 Å². The summed E-state index contributed by atoms with van der Waals surface area (Å²) in [6.45, 7) is 6.33. The number of piperazine rings is 1. The number of nitrogens with zero attached hydrogens (tertiary/aromatic N) is 3. The van der Waals surface area contributed by atoms with Gasteiger partial charge in [0.15, 0.2) is 5.96 Å². The lowest BCUT2D eigenvalue weighted by atomic mass is 10.1. The van der Waals surface area contributed by atoms with E-state index < -0.39 is 11.6 Å². The third-order valence-corrected chi connectivity index (χ3v) is 5.08. The second-order valence-electron chi connectivity index (χ2n) is 7.04. The Balaban J connectivity index is 0.00000300. The highest BCUT2D eigenvalue weighted by Gasteiger charge is 2.30. The Morgan fingerprint density at radius 1 is 1.24 bits per heavy atom. The van der Waals surface area contributed by atoms with E-state index in [1.54, 1.807) is 0 Å². The highest BCUT2D eigenvalue weighted by molar-refractivity contribution is 14.0. The molecule has 0 bridgehead atoms. The molecule has 6 nitrogen and oxygen atoms in total. The summed E-state index contributed by atoms with van der Waals surface area (Å²) in [6.07, 6.45) is 1.80. The summed E-state index contributed by atoms with van der Waals surface area (Å²) in [5.74, 6) is -0.0358. The molecule has 1 unspecified atom stereocenters. The van der Waals surface area contributed by atoms with Gasteiger partial charge in [-0.1, -0.05) is 0 Å². The van der Waals surface area contributed by atoms with Gasteiger partial charge >= 0.3 is 0 Å². The molecule has 0 saturated carbocycles. The van der Waals surface area contributed by atoms with Crippen LogP contribution in [0.3, 0.4) is 0 Å². The Hall–Kier alpha value is -1.49. The Kier molecular flexibility index (Phi) is 9.54. The monoisotopic (exact) mass is 522 g/mol. The number of guanidine groups is 1. The molecule has 2 aliphatic rings. The van der Waals surface area contributed by atoms with E-state index in [1.165, 1.54) is 6.07 Å². The topological polar surface area (TPSA) is 57.2 Å². The van der Waals surface area contributed by atoms with E-state index >= 15 is 0 Å². The van der Waals surface area contributed by atoms with E-state index in [9.17, 15) is 13.6 Å². The predicted molar refractivity (Wildman–Crippen MR) is 119 cm³/mol. The molecule has 9 heteroatoms. The number of nitrogens with one attached hydrogen (secondary N) is 1. The van der Waals surface area contributed by atoms with E-state index in [0.717, 1.165) is 30.9 Å².